The van der Waals surface area contributed by atoms with Crippen LogP contribution >= 0.6 is 12.4 Å². The molecule has 0 aromatic carbocycles. The van der Waals surface area contributed by atoms with Crippen LogP contribution in [0.25, 0.3) is 0 Å². The van der Waals surface area contributed by atoms with Crippen LogP contribution in [0, 0.1) is 11.3 Å². The molecule has 1 aliphatic carbocycles. The van der Waals surface area contributed by atoms with Crippen LogP contribution in [0.4, 0.5) is 0 Å². The third-order valence-electron chi connectivity index (χ3n) is 2.03. The molecule has 0 spiro atoms. The fourth-order valence-corrected chi connectivity index (χ4v) is 0.723. The van der Waals surface area contributed by atoms with Crippen molar-refractivity contribution in [2.75, 3.05) is 0 Å². The van der Waals surface area contributed by atoms with Crippen molar-refractivity contribution >= 4 is 18.2 Å². The molecule has 1 saturated carbocycles. The molecule has 1 rings (SSSR count). The Morgan fingerprint density at radius 1 is 1.50 bits per heavy atom. The molecule has 0 N–H and O–H groups in total. The Bertz CT molecular complexity index is 118. The van der Waals surface area contributed by atoms with E-state index in [4.69, 9.17) is 0 Å². The number of ketones is 1. The van der Waals surface area contributed by atoms with Crippen molar-refractivity contribution < 1.29 is 4.79 Å². The van der Waals surface area contributed by atoms with Gasteiger partial charge in [0.1, 0.15) is 5.78 Å². The van der Waals surface area contributed by atoms with Gasteiger partial charge in [-0.15, -0.1) is 12.4 Å². The van der Waals surface area contributed by atoms with Gasteiger partial charge in [-0.3, -0.25) is 4.79 Å². The van der Waals surface area contributed by atoms with E-state index in [2.05, 4.69) is 0 Å². The zero-order chi connectivity index (χ0) is 5.65. The summed E-state index contributed by atoms with van der Waals surface area (Å²) in [6.45, 7) is 5.95. The van der Waals surface area contributed by atoms with Crippen LogP contribution in [0.5, 0.6) is 0 Å². The van der Waals surface area contributed by atoms with Gasteiger partial charge in [-0.2, -0.15) is 0 Å². The Morgan fingerprint density at radius 3 is 1.62 bits per heavy atom. The summed E-state index contributed by atoms with van der Waals surface area (Å²) in [6, 6.07) is 0. The van der Waals surface area contributed by atoms with E-state index in [-0.39, 0.29) is 17.8 Å². The summed E-state index contributed by atoms with van der Waals surface area (Å²) in [5.74, 6) is 0.736. The topological polar surface area (TPSA) is 17.1 Å². The number of hydrogen-bond acceptors (Lipinski definition) is 1. The van der Waals surface area contributed by atoms with Gasteiger partial charge in [-0.05, 0) is 0 Å². The van der Waals surface area contributed by atoms with Crippen LogP contribution in [0.15, 0.2) is 0 Å². The number of Topliss-reactive ketones (excluding diaryl/α,β-unsaturated/α-hetero) is 1. The number of carbonyl (C=O) groups is 1. The van der Waals surface area contributed by atoms with Crippen LogP contribution in [-0.4, -0.2) is 5.78 Å². The van der Waals surface area contributed by atoms with Crippen molar-refractivity contribution in [2.24, 2.45) is 11.3 Å². The molecule has 48 valence electrons. The molecular formula is C6H11ClO. The lowest BCUT2D eigenvalue weighted by atomic mass is 10.1. The highest BCUT2D eigenvalue weighted by Crippen LogP contribution is 2.46. The third kappa shape index (κ3) is 0.752. The third-order valence-corrected chi connectivity index (χ3v) is 2.03. The number of rotatable bonds is 0. The summed E-state index contributed by atoms with van der Waals surface area (Å²) in [4.78, 5) is 10.5. The van der Waals surface area contributed by atoms with E-state index >= 15 is 0 Å². The molecular weight excluding hydrogens is 124 g/mol. The predicted octanol–water partition coefficient (Wildman–Crippen LogP) is 1.65. The standard InChI is InChI=1S/C6H10O.ClH/c1-4-5(7)6(4,2)3;/h4H,1-3H3;1H. The normalized spacial score (nSPS) is 31.4. The van der Waals surface area contributed by atoms with Gasteiger partial charge in [-0.25, -0.2) is 0 Å². The molecule has 0 aliphatic heterocycles. The van der Waals surface area contributed by atoms with Gasteiger partial charge in [0.25, 0.3) is 0 Å². The van der Waals surface area contributed by atoms with Crippen LogP contribution < -0.4 is 0 Å². The van der Waals surface area contributed by atoms with E-state index in [0.29, 0.717) is 11.7 Å². The lowest BCUT2D eigenvalue weighted by Gasteiger charge is -1.87. The fourth-order valence-electron chi connectivity index (χ4n) is 0.723. The van der Waals surface area contributed by atoms with Crippen LogP contribution in [-0.2, 0) is 4.79 Å². The summed E-state index contributed by atoms with van der Waals surface area (Å²) < 4.78 is 0. The first-order valence-electron chi connectivity index (χ1n) is 2.61. The van der Waals surface area contributed by atoms with E-state index in [1.165, 1.54) is 0 Å². The second kappa shape index (κ2) is 1.73. The number of hydrogen-bond donors (Lipinski definition) is 0. The molecule has 0 radical (unpaired) electrons. The Morgan fingerprint density at radius 2 is 1.62 bits per heavy atom. The lowest BCUT2D eigenvalue weighted by Crippen LogP contribution is -1.86. The van der Waals surface area contributed by atoms with Gasteiger partial charge in [-0.1, -0.05) is 20.8 Å². The SMILES string of the molecule is CC1C(=O)C1(C)C.Cl. The minimum atomic E-state index is 0. The van der Waals surface area contributed by atoms with Crippen molar-refractivity contribution in [1.82, 2.24) is 0 Å². The Balaban J connectivity index is 0.000000490. The average Bonchev–Trinajstić information content (AvgIpc) is 1.91. The summed E-state index contributed by atoms with van der Waals surface area (Å²) in [5, 5.41) is 0. The molecule has 0 aromatic heterocycles. The minimum absolute atomic E-state index is 0. The maximum atomic E-state index is 10.5. The Labute approximate surface area is 55.9 Å². The molecule has 2 heteroatoms. The molecule has 1 aliphatic rings. The van der Waals surface area contributed by atoms with Crippen molar-refractivity contribution in [3.05, 3.63) is 0 Å². The highest BCUT2D eigenvalue weighted by molar-refractivity contribution is 6.02. The first-order chi connectivity index (χ1) is 3.07. The van der Waals surface area contributed by atoms with Gasteiger partial charge in [0.2, 0.25) is 0 Å². The predicted molar refractivity (Wildman–Crippen MR) is 35.2 cm³/mol. The van der Waals surface area contributed by atoms with Gasteiger partial charge >= 0.3 is 0 Å². The van der Waals surface area contributed by atoms with E-state index in [9.17, 15) is 4.79 Å². The molecule has 0 amide bonds. The van der Waals surface area contributed by atoms with E-state index in [1.54, 1.807) is 0 Å². The molecule has 0 aromatic rings. The Hall–Kier alpha value is -0.0400. The quantitative estimate of drug-likeness (QED) is 0.493. The number of carbonyl (C=O) groups excluding carboxylic acids is 1. The molecule has 0 bridgehead atoms. The van der Waals surface area contributed by atoms with E-state index < -0.39 is 0 Å². The smallest absolute Gasteiger partial charge is 0.142 e. The summed E-state index contributed by atoms with van der Waals surface area (Å²) in [5.41, 5.74) is 0.0278. The summed E-state index contributed by atoms with van der Waals surface area (Å²) in [7, 11) is 0. The molecule has 1 atom stereocenters. The molecule has 0 heterocycles. The van der Waals surface area contributed by atoms with E-state index in [0.717, 1.165) is 0 Å². The second-order valence-electron chi connectivity index (χ2n) is 2.81. The van der Waals surface area contributed by atoms with Crippen molar-refractivity contribution in [3.63, 3.8) is 0 Å². The minimum Gasteiger partial charge on any atom is -0.299 e. The van der Waals surface area contributed by atoms with Crippen LogP contribution in [0.1, 0.15) is 20.8 Å². The molecule has 0 saturated heterocycles. The summed E-state index contributed by atoms with van der Waals surface area (Å²) in [6.07, 6.45) is 0. The monoisotopic (exact) mass is 134 g/mol. The Kier molecular flexibility index (Phi) is 1.72. The van der Waals surface area contributed by atoms with Gasteiger partial charge in [0.05, 0.1) is 0 Å². The zero-order valence-electron chi connectivity index (χ0n) is 5.39. The van der Waals surface area contributed by atoms with Gasteiger partial charge in [0.15, 0.2) is 0 Å². The summed E-state index contributed by atoms with van der Waals surface area (Å²) >= 11 is 0. The van der Waals surface area contributed by atoms with Crippen LogP contribution in [0.2, 0.25) is 0 Å². The number of halogens is 1. The van der Waals surface area contributed by atoms with Crippen molar-refractivity contribution in [3.8, 4) is 0 Å². The first-order valence-corrected chi connectivity index (χ1v) is 2.61. The molecule has 1 fully saturated rings. The fraction of sp³-hybridized carbons (Fsp3) is 0.833. The lowest BCUT2D eigenvalue weighted by molar-refractivity contribution is -0.113. The molecule has 1 nitrogen and oxygen atoms in total. The molecule has 1 unspecified atom stereocenters. The molecule has 8 heavy (non-hydrogen) atoms. The van der Waals surface area contributed by atoms with E-state index in [1.807, 2.05) is 20.8 Å². The average molecular weight is 135 g/mol. The maximum Gasteiger partial charge on any atom is 0.142 e. The highest BCUT2D eigenvalue weighted by atomic mass is 35.5. The van der Waals surface area contributed by atoms with Crippen molar-refractivity contribution in [1.29, 1.82) is 0 Å². The first kappa shape index (κ1) is 7.96. The zero-order valence-corrected chi connectivity index (χ0v) is 6.21. The maximum absolute atomic E-state index is 10.5. The second-order valence-corrected chi connectivity index (χ2v) is 2.81. The van der Waals surface area contributed by atoms with Crippen LogP contribution in [0.3, 0.4) is 0 Å². The van der Waals surface area contributed by atoms with Gasteiger partial charge in [0, 0.05) is 11.3 Å². The van der Waals surface area contributed by atoms with Crippen molar-refractivity contribution in [2.45, 2.75) is 20.8 Å². The largest absolute Gasteiger partial charge is 0.299 e. The van der Waals surface area contributed by atoms with Gasteiger partial charge < -0.3 is 0 Å². The highest BCUT2D eigenvalue weighted by Gasteiger charge is 2.53.